The summed E-state index contributed by atoms with van der Waals surface area (Å²) >= 11 is 5.98. The number of benzene rings is 2. The lowest BCUT2D eigenvalue weighted by Gasteiger charge is -2.04. The smallest absolute Gasteiger partial charge is 0.0712 e. The molecule has 0 aliphatic heterocycles. The monoisotopic (exact) mass is 227 g/mol. The molecule has 16 heavy (non-hydrogen) atoms. The van der Waals surface area contributed by atoms with E-state index >= 15 is 0 Å². The van der Waals surface area contributed by atoms with Gasteiger partial charge in [0.1, 0.15) is 0 Å². The maximum Gasteiger partial charge on any atom is 0.0712 e. The van der Waals surface area contributed by atoms with Crippen LogP contribution in [0.1, 0.15) is 5.56 Å². The van der Waals surface area contributed by atoms with Crippen molar-refractivity contribution in [3.8, 4) is 0 Å². The highest BCUT2D eigenvalue weighted by molar-refractivity contribution is 6.31. The quantitative estimate of drug-likeness (QED) is 0.521. The molecular weight excluding hydrogens is 218 g/mol. The molecule has 0 saturated heterocycles. The molecule has 0 aliphatic carbocycles. The molecule has 0 saturated carbocycles. The number of hydrogen-bond donors (Lipinski definition) is 0. The van der Waals surface area contributed by atoms with Gasteiger partial charge in [0.15, 0.2) is 0 Å². The Morgan fingerprint density at radius 3 is 2.75 bits per heavy atom. The predicted octanol–water partition coefficient (Wildman–Crippen LogP) is 4.35. The number of fused-ring (bicyclic) bond motifs is 2. The van der Waals surface area contributed by atoms with Crippen molar-refractivity contribution in [2.75, 3.05) is 0 Å². The first-order valence-electron chi connectivity index (χ1n) is 5.20. The van der Waals surface area contributed by atoms with E-state index in [2.05, 4.69) is 24.0 Å². The summed E-state index contributed by atoms with van der Waals surface area (Å²) in [4.78, 5) is 4.62. The Labute approximate surface area is 98.7 Å². The lowest BCUT2D eigenvalue weighted by molar-refractivity contribution is 1.46. The number of aromatic nitrogens is 1. The number of pyridine rings is 1. The van der Waals surface area contributed by atoms with Gasteiger partial charge in [-0.05, 0) is 42.8 Å². The molecule has 78 valence electrons. The van der Waals surface area contributed by atoms with Gasteiger partial charge in [0.2, 0.25) is 0 Å². The van der Waals surface area contributed by atoms with Gasteiger partial charge >= 0.3 is 0 Å². The van der Waals surface area contributed by atoms with E-state index in [1.807, 2.05) is 30.3 Å². The molecule has 0 atom stereocenters. The molecule has 0 bridgehead atoms. The van der Waals surface area contributed by atoms with E-state index < -0.39 is 0 Å². The number of aryl methyl sites for hydroxylation is 1. The SMILES string of the molecule is Cc1cccc2nc3ccc(Cl)cc3cc12. The average molecular weight is 228 g/mol. The van der Waals surface area contributed by atoms with Crippen molar-refractivity contribution >= 4 is 33.4 Å². The third-order valence-corrected chi connectivity index (χ3v) is 3.07. The van der Waals surface area contributed by atoms with Gasteiger partial charge in [0, 0.05) is 15.8 Å². The van der Waals surface area contributed by atoms with Gasteiger partial charge in [0.05, 0.1) is 11.0 Å². The topological polar surface area (TPSA) is 12.9 Å². The van der Waals surface area contributed by atoms with Crippen molar-refractivity contribution in [2.24, 2.45) is 0 Å². The number of rotatable bonds is 0. The molecular formula is C14H10ClN. The largest absolute Gasteiger partial charge is 0.248 e. The summed E-state index contributed by atoms with van der Waals surface area (Å²) in [6.45, 7) is 2.10. The molecule has 3 aromatic rings. The number of hydrogen-bond acceptors (Lipinski definition) is 1. The Kier molecular flexibility index (Phi) is 2.08. The minimum absolute atomic E-state index is 0.752. The van der Waals surface area contributed by atoms with E-state index in [9.17, 15) is 0 Å². The third kappa shape index (κ3) is 1.44. The molecule has 2 aromatic carbocycles. The first kappa shape index (κ1) is 9.61. The molecule has 0 unspecified atom stereocenters. The molecule has 1 nitrogen and oxygen atoms in total. The van der Waals surface area contributed by atoms with Crippen molar-refractivity contribution in [1.82, 2.24) is 4.98 Å². The Morgan fingerprint density at radius 1 is 1.00 bits per heavy atom. The van der Waals surface area contributed by atoms with Gasteiger partial charge in [-0.3, -0.25) is 0 Å². The second-order valence-electron chi connectivity index (χ2n) is 3.97. The van der Waals surface area contributed by atoms with Crippen LogP contribution < -0.4 is 0 Å². The highest BCUT2D eigenvalue weighted by atomic mass is 35.5. The minimum atomic E-state index is 0.752. The van der Waals surface area contributed by atoms with Crippen LogP contribution in [0.4, 0.5) is 0 Å². The van der Waals surface area contributed by atoms with Gasteiger partial charge in [-0.1, -0.05) is 23.7 Å². The zero-order chi connectivity index (χ0) is 11.1. The van der Waals surface area contributed by atoms with Crippen molar-refractivity contribution in [1.29, 1.82) is 0 Å². The maximum absolute atomic E-state index is 5.98. The summed E-state index contributed by atoms with van der Waals surface area (Å²) in [6, 6.07) is 14.1. The summed E-state index contributed by atoms with van der Waals surface area (Å²) in [7, 11) is 0. The van der Waals surface area contributed by atoms with Crippen LogP contribution in [0.5, 0.6) is 0 Å². The summed E-state index contributed by atoms with van der Waals surface area (Å²) in [6.07, 6.45) is 0. The molecule has 1 heterocycles. The second-order valence-corrected chi connectivity index (χ2v) is 4.40. The zero-order valence-electron chi connectivity index (χ0n) is 8.87. The Bertz CT molecular complexity index is 689. The second kappa shape index (κ2) is 3.46. The minimum Gasteiger partial charge on any atom is -0.248 e. The first-order chi connectivity index (χ1) is 7.74. The number of halogens is 1. The molecule has 0 N–H and O–H groups in total. The van der Waals surface area contributed by atoms with E-state index in [1.54, 1.807) is 0 Å². The van der Waals surface area contributed by atoms with Gasteiger partial charge in [-0.2, -0.15) is 0 Å². The fraction of sp³-hybridized carbons (Fsp3) is 0.0714. The molecule has 0 aliphatic rings. The van der Waals surface area contributed by atoms with Gasteiger partial charge < -0.3 is 0 Å². The van der Waals surface area contributed by atoms with Crippen molar-refractivity contribution < 1.29 is 0 Å². The molecule has 0 spiro atoms. The van der Waals surface area contributed by atoms with Crippen LogP contribution in [-0.4, -0.2) is 4.98 Å². The molecule has 0 fully saturated rings. The van der Waals surface area contributed by atoms with E-state index in [0.717, 1.165) is 21.4 Å². The van der Waals surface area contributed by atoms with Crippen LogP contribution in [0.15, 0.2) is 42.5 Å². The van der Waals surface area contributed by atoms with Crippen LogP contribution in [0.25, 0.3) is 21.8 Å². The first-order valence-corrected chi connectivity index (χ1v) is 5.57. The van der Waals surface area contributed by atoms with Crippen LogP contribution >= 0.6 is 11.6 Å². The lowest BCUT2D eigenvalue weighted by Crippen LogP contribution is -1.84. The molecule has 0 amide bonds. The van der Waals surface area contributed by atoms with E-state index in [4.69, 9.17) is 11.6 Å². The van der Waals surface area contributed by atoms with E-state index in [1.165, 1.54) is 10.9 Å². The predicted molar refractivity (Wildman–Crippen MR) is 69.0 cm³/mol. The third-order valence-electron chi connectivity index (χ3n) is 2.83. The molecule has 0 radical (unpaired) electrons. The van der Waals surface area contributed by atoms with Crippen molar-refractivity contribution in [2.45, 2.75) is 6.92 Å². The fourth-order valence-corrected chi connectivity index (χ4v) is 2.16. The Morgan fingerprint density at radius 2 is 1.88 bits per heavy atom. The fourth-order valence-electron chi connectivity index (χ4n) is 1.98. The average Bonchev–Trinajstić information content (AvgIpc) is 2.28. The molecule has 2 heteroatoms. The zero-order valence-corrected chi connectivity index (χ0v) is 9.62. The van der Waals surface area contributed by atoms with Gasteiger partial charge in [0.25, 0.3) is 0 Å². The molecule has 3 rings (SSSR count). The highest BCUT2D eigenvalue weighted by Gasteiger charge is 2.02. The normalized spacial score (nSPS) is 11.1. The van der Waals surface area contributed by atoms with Crippen molar-refractivity contribution in [3.05, 3.63) is 53.1 Å². The number of nitrogens with zero attached hydrogens (tertiary/aromatic N) is 1. The van der Waals surface area contributed by atoms with Crippen LogP contribution in [0, 0.1) is 6.92 Å². The summed E-state index contributed by atoms with van der Waals surface area (Å²) in [5.41, 5.74) is 3.27. The van der Waals surface area contributed by atoms with Crippen LogP contribution in [-0.2, 0) is 0 Å². The Hall–Kier alpha value is -1.60. The summed E-state index contributed by atoms with van der Waals surface area (Å²) in [5.74, 6) is 0. The highest BCUT2D eigenvalue weighted by Crippen LogP contribution is 2.24. The van der Waals surface area contributed by atoms with Gasteiger partial charge in [-0.25, -0.2) is 4.98 Å². The van der Waals surface area contributed by atoms with E-state index in [0.29, 0.717) is 0 Å². The van der Waals surface area contributed by atoms with Crippen LogP contribution in [0.3, 0.4) is 0 Å². The maximum atomic E-state index is 5.98. The lowest BCUT2D eigenvalue weighted by atomic mass is 10.1. The molecule has 1 aromatic heterocycles. The Balaban J connectivity index is 2.49. The summed E-state index contributed by atoms with van der Waals surface area (Å²) in [5, 5.41) is 3.04. The summed E-state index contributed by atoms with van der Waals surface area (Å²) < 4.78 is 0. The standard InChI is InChI=1S/C14H10ClN/c1-9-3-2-4-14-12(9)8-10-7-11(15)5-6-13(10)16-14/h2-8H,1H3. The van der Waals surface area contributed by atoms with Crippen LogP contribution in [0.2, 0.25) is 5.02 Å². The van der Waals surface area contributed by atoms with E-state index in [-0.39, 0.29) is 0 Å². The van der Waals surface area contributed by atoms with Gasteiger partial charge in [-0.15, -0.1) is 0 Å². The van der Waals surface area contributed by atoms with Crippen molar-refractivity contribution in [3.63, 3.8) is 0 Å².